The average molecular weight is 251 g/mol. The van der Waals surface area contributed by atoms with Gasteiger partial charge in [-0.1, -0.05) is 0 Å². The van der Waals surface area contributed by atoms with E-state index in [1.807, 2.05) is 4.57 Å². The number of carbonyl (C=O) groups excluding carboxylic acids is 1. The van der Waals surface area contributed by atoms with Gasteiger partial charge in [0.1, 0.15) is 0 Å². The summed E-state index contributed by atoms with van der Waals surface area (Å²) in [6.45, 7) is 3.59. The molecule has 1 saturated carbocycles. The van der Waals surface area contributed by atoms with Crippen LogP contribution in [0.1, 0.15) is 44.5 Å². The number of nitrogens with zero attached hydrogens (tertiary/aromatic N) is 3. The van der Waals surface area contributed by atoms with Gasteiger partial charge in [-0.3, -0.25) is 4.79 Å². The minimum absolute atomic E-state index is 0.175. The Kier molecular flexibility index (Phi) is 3.36. The van der Waals surface area contributed by atoms with Gasteiger partial charge in [0.05, 0.1) is 18.2 Å². The van der Waals surface area contributed by atoms with Crippen molar-refractivity contribution in [2.24, 2.45) is 0 Å². The molecule has 1 aromatic rings. The summed E-state index contributed by atoms with van der Waals surface area (Å²) in [5.74, 6) is -1.03. The van der Waals surface area contributed by atoms with Crippen molar-refractivity contribution in [3.63, 3.8) is 0 Å². The lowest BCUT2D eigenvalue weighted by molar-refractivity contribution is -0.148. The first-order valence-corrected chi connectivity index (χ1v) is 6.03. The Morgan fingerprint density at radius 1 is 1.61 bits per heavy atom. The van der Waals surface area contributed by atoms with Crippen molar-refractivity contribution in [1.29, 1.82) is 0 Å². The monoisotopic (exact) mass is 251 g/mol. The summed E-state index contributed by atoms with van der Waals surface area (Å²) in [5.41, 5.74) is 0.575. The summed E-state index contributed by atoms with van der Waals surface area (Å²) in [5, 5.41) is 9.38. The van der Waals surface area contributed by atoms with Crippen molar-refractivity contribution in [3.05, 3.63) is 18.2 Å². The smallest absolute Gasteiger partial charge is 0.332 e. The summed E-state index contributed by atoms with van der Waals surface area (Å²) < 4.78 is 1.87. The number of hydrogen-bond acceptors (Lipinski definition) is 3. The summed E-state index contributed by atoms with van der Waals surface area (Å²) in [6, 6.07) is -0.804. The maximum absolute atomic E-state index is 11.5. The highest BCUT2D eigenvalue weighted by Crippen LogP contribution is 2.37. The number of amides is 1. The molecule has 0 aromatic carbocycles. The SMILES string of the molecule is CC(C)N(C=O)C(C(=O)O)c1cncn1C1CC1. The Labute approximate surface area is 105 Å². The molecule has 1 heterocycles. The molecular formula is C12H17N3O3. The quantitative estimate of drug-likeness (QED) is 0.771. The molecule has 0 saturated heterocycles. The van der Waals surface area contributed by atoms with Crippen LogP contribution in [0.25, 0.3) is 0 Å². The van der Waals surface area contributed by atoms with Crippen LogP contribution in [-0.4, -0.2) is 38.0 Å². The van der Waals surface area contributed by atoms with Crippen molar-refractivity contribution in [3.8, 4) is 0 Å². The van der Waals surface area contributed by atoms with Gasteiger partial charge in [0, 0.05) is 12.1 Å². The van der Waals surface area contributed by atoms with Gasteiger partial charge < -0.3 is 14.6 Å². The number of carbonyl (C=O) groups is 2. The third-order valence-electron chi connectivity index (χ3n) is 3.17. The molecule has 1 atom stereocenters. The minimum Gasteiger partial charge on any atom is -0.479 e. The van der Waals surface area contributed by atoms with Crippen molar-refractivity contribution < 1.29 is 14.7 Å². The van der Waals surface area contributed by atoms with Crippen LogP contribution < -0.4 is 0 Å². The maximum Gasteiger partial charge on any atom is 0.332 e. The second-order valence-electron chi connectivity index (χ2n) is 4.84. The third-order valence-corrected chi connectivity index (χ3v) is 3.17. The molecule has 0 bridgehead atoms. The highest BCUT2D eigenvalue weighted by atomic mass is 16.4. The van der Waals surface area contributed by atoms with E-state index in [0.717, 1.165) is 12.8 Å². The summed E-state index contributed by atoms with van der Waals surface area (Å²) in [7, 11) is 0. The Morgan fingerprint density at radius 2 is 2.28 bits per heavy atom. The minimum atomic E-state index is -1.03. The van der Waals surface area contributed by atoms with Crippen LogP contribution in [0.2, 0.25) is 0 Å². The van der Waals surface area contributed by atoms with Gasteiger partial charge >= 0.3 is 5.97 Å². The molecule has 0 spiro atoms. The van der Waals surface area contributed by atoms with Crippen molar-refractivity contribution in [2.75, 3.05) is 0 Å². The molecular weight excluding hydrogens is 234 g/mol. The topological polar surface area (TPSA) is 75.4 Å². The van der Waals surface area contributed by atoms with E-state index < -0.39 is 12.0 Å². The molecule has 98 valence electrons. The normalized spacial score (nSPS) is 16.6. The second-order valence-corrected chi connectivity index (χ2v) is 4.84. The predicted molar refractivity (Wildman–Crippen MR) is 63.9 cm³/mol. The van der Waals surface area contributed by atoms with Crippen LogP contribution in [0.15, 0.2) is 12.5 Å². The van der Waals surface area contributed by atoms with Gasteiger partial charge in [0.25, 0.3) is 0 Å². The lowest BCUT2D eigenvalue weighted by atomic mass is 10.1. The molecule has 1 N–H and O–H groups in total. The Bertz CT molecular complexity index is 451. The molecule has 6 heteroatoms. The highest BCUT2D eigenvalue weighted by Gasteiger charge is 2.34. The van der Waals surface area contributed by atoms with Crippen LogP contribution >= 0.6 is 0 Å². The number of imidazole rings is 1. The Hall–Kier alpha value is -1.85. The molecule has 2 rings (SSSR count). The fourth-order valence-electron chi connectivity index (χ4n) is 2.07. The molecule has 1 fully saturated rings. The summed E-state index contributed by atoms with van der Waals surface area (Å²) in [4.78, 5) is 27.9. The molecule has 18 heavy (non-hydrogen) atoms. The van der Waals surface area contributed by atoms with E-state index in [9.17, 15) is 14.7 Å². The fourth-order valence-corrected chi connectivity index (χ4v) is 2.07. The van der Waals surface area contributed by atoms with E-state index in [-0.39, 0.29) is 6.04 Å². The maximum atomic E-state index is 11.5. The molecule has 0 aliphatic heterocycles. The van der Waals surface area contributed by atoms with Crippen molar-refractivity contribution in [2.45, 2.75) is 44.8 Å². The van der Waals surface area contributed by atoms with E-state index in [1.54, 1.807) is 20.2 Å². The Morgan fingerprint density at radius 3 is 2.72 bits per heavy atom. The molecule has 0 radical (unpaired) electrons. The largest absolute Gasteiger partial charge is 0.479 e. The van der Waals surface area contributed by atoms with Gasteiger partial charge in [-0.15, -0.1) is 0 Å². The zero-order valence-electron chi connectivity index (χ0n) is 10.5. The number of aliphatic carboxylic acids is 1. The van der Waals surface area contributed by atoms with Gasteiger partial charge in [0.15, 0.2) is 6.04 Å². The zero-order valence-corrected chi connectivity index (χ0v) is 10.5. The van der Waals surface area contributed by atoms with Crippen LogP contribution in [0, 0.1) is 0 Å². The molecule has 6 nitrogen and oxygen atoms in total. The van der Waals surface area contributed by atoms with E-state index in [4.69, 9.17) is 0 Å². The van der Waals surface area contributed by atoms with Gasteiger partial charge in [-0.25, -0.2) is 9.78 Å². The molecule has 1 aliphatic rings. The standard InChI is InChI=1S/C12H17N3O3/c1-8(2)15(7-16)11(12(17)18)10-5-13-6-14(10)9-3-4-9/h5-9,11H,3-4H2,1-2H3,(H,17,18). The highest BCUT2D eigenvalue weighted by molar-refractivity contribution is 5.77. The van der Waals surface area contributed by atoms with Crippen molar-refractivity contribution >= 4 is 12.4 Å². The lowest BCUT2D eigenvalue weighted by Gasteiger charge is -2.29. The van der Waals surface area contributed by atoms with Crippen LogP contribution in [0.5, 0.6) is 0 Å². The Balaban J connectivity index is 2.37. The van der Waals surface area contributed by atoms with Gasteiger partial charge in [-0.2, -0.15) is 0 Å². The van der Waals surface area contributed by atoms with E-state index >= 15 is 0 Å². The zero-order chi connectivity index (χ0) is 13.3. The van der Waals surface area contributed by atoms with Crippen LogP contribution in [0.4, 0.5) is 0 Å². The molecule has 1 unspecified atom stereocenters. The summed E-state index contributed by atoms with van der Waals surface area (Å²) in [6.07, 6.45) is 5.85. The molecule has 1 aliphatic carbocycles. The van der Waals surface area contributed by atoms with E-state index in [0.29, 0.717) is 18.1 Å². The molecule has 1 amide bonds. The first-order chi connectivity index (χ1) is 8.56. The van der Waals surface area contributed by atoms with E-state index in [1.165, 1.54) is 11.1 Å². The van der Waals surface area contributed by atoms with Gasteiger partial charge in [0.2, 0.25) is 6.41 Å². The van der Waals surface area contributed by atoms with Crippen LogP contribution in [0.3, 0.4) is 0 Å². The van der Waals surface area contributed by atoms with Crippen molar-refractivity contribution in [1.82, 2.24) is 14.5 Å². The first-order valence-electron chi connectivity index (χ1n) is 6.03. The van der Waals surface area contributed by atoms with Gasteiger partial charge in [-0.05, 0) is 26.7 Å². The predicted octanol–water partition coefficient (Wildman–Crippen LogP) is 1.21. The number of hydrogen-bond donors (Lipinski definition) is 1. The van der Waals surface area contributed by atoms with E-state index in [2.05, 4.69) is 4.98 Å². The third kappa shape index (κ3) is 2.23. The van der Waals surface area contributed by atoms with Crippen LogP contribution in [-0.2, 0) is 9.59 Å². The molecule has 1 aromatic heterocycles. The fraction of sp³-hybridized carbons (Fsp3) is 0.583. The number of aromatic nitrogens is 2. The second kappa shape index (κ2) is 4.80. The lowest BCUT2D eigenvalue weighted by Crippen LogP contribution is -2.39. The first kappa shape index (κ1) is 12.6. The number of rotatable bonds is 6. The summed E-state index contributed by atoms with van der Waals surface area (Å²) >= 11 is 0. The number of carboxylic acids is 1. The number of carboxylic acid groups (broad SMARTS) is 1. The average Bonchev–Trinajstić information content (AvgIpc) is 3.04.